The van der Waals surface area contributed by atoms with Crippen LogP contribution in [0.5, 0.6) is 0 Å². The molecule has 0 amide bonds. The Hall–Kier alpha value is -1.51. The van der Waals surface area contributed by atoms with Gasteiger partial charge in [0.2, 0.25) is 0 Å². The van der Waals surface area contributed by atoms with E-state index >= 15 is 0 Å². The van der Waals surface area contributed by atoms with Gasteiger partial charge in [0.05, 0.1) is 6.61 Å². The highest BCUT2D eigenvalue weighted by Crippen LogP contribution is 2.45. The highest BCUT2D eigenvalue weighted by Gasteiger charge is 2.65. The van der Waals surface area contributed by atoms with Gasteiger partial charge in [-0.15, -0.1) is 0 Å². The van der Waals surface area contributed by atoms with E-state index in [-0.39, 0.29) is 19.6 Å². The molecular formula is C14H12F3NO. The lowest BCUT2D eigenvalue weighted by molar-refractivity contribution is -0.274. The largest absolute Gasteiger partial charge is 0.418 e. The van der Waals surface area contributed by atoms with Gasteiger partial charge in [-0.3, -0.25) is 5.32 Å². The lowest BCUT2D eigenvalue weighted by Gasteiger charge is -2.31. The van der Waals surface area contributed by atoms with Gasteiger partial charge >= 0.3 is 6.18 Å². The first-order valence-electron chi connectivity index (χ1n) is 5.99. The average Bonchev–Trinajstić information content (AvgIpc) is 3.00. The van der Waals surface area contributed by atoms with Crippen molar-refractivity contribution in [3.63, 3.8) is 0 Å². The molecule has 1 atom stereocenters. The summed E-state index contributed by atoms with van der Waals surface area (Å²) >= 11 is 0. The van der Waals surface area contributed by atoms with Crippen LogP contribution in [0.3, 0.4) is 0 Å². The first-order chi connectivity index (χ1) is 8.95. The standard InChI is InChI=1S/C14H12F3NO/c15-14(16,17)13(9-12(6-7-12)18-10-13)19-8-11-4-2-1-3-5-11/h1-5,18H,8-10H2. The Bertz CT molecular complexity index is 535. The summed E-state index contributed by atoms with van der Waals surface area (Å²) in [4.78, 5) is 0. The first kappa shape index (κ1) is 12.5. The summed E-state index contributed by atoms with van der Waals surface area (Å²) in [6.07, 6.45) is -4.60. The number of benzene rings is 1. The Morgan fingerprint density at radius 3 is 2.42 bits per heavy atom. The first-order valence-corrected chi connectivity index (χ1v) is 5.99. The Balaban J connectivity index is 1.74. The lowest BCUT2D eigenvalue weighted by Crippen LogP contribution is -2.49. The molecule has 1 spiro atoms. The molecule has 1 unspecified atom stereocenters. The summed E-state index contributed by atoms with van der Waals surface area (Å²) in [5, 5.41) is 2.77. The number of ether oxygens (including phenoxy) is 1. The van der Waals surface area contributed by atoms with Crippen LogP contribution in [-0.4, -0.2) is 23.9 Å². The highest BCUT2D eigenvalue weighted by atomic mass is 19.4. The van der Waals surface area contributed by atoms with E-state index in [9.17, 15) is 13.2 Å². The SMILES string of the molecule is FC(F)(F)C1(OCc2ccccc2)CNC2(C#C2)C1. The third-order valence-corrected chi connectivity index (χ3v) is 3.53. The highest BCUT2D eigenvalue weighted by molar-refractivity contribution is 5.50. The summed E-state index contributed by atoms with van der Waals surface area (Å²) in [5.41, 5.74) is -2.24. The molecule has 1 saturated heterocycles. The number of rotatable bonds is 3. The molecule has 1 aliphatic carbocycles. The number of hydrogen-bond acceptors (Lipinski definition) is 2. The van der Waals surface area contributed by atoms with Crippen LogP contribution in [0.4, 0.5) is 13.2 Å². The fraction of sp³-hybridized carbons (Fsp3) is 0.429. The van der Waals surface area contributed by atoms with Crippen molar-refractivity contribution in [2.75, 3.05) is 6.54 Å². The molecule has 0 aromatic heterocycles. The lowest BCUT2D eigenvalue weighted by atomic mass is 9.96. The van der Waals surface area contributed by atoms with E-state index < -0.39 is 17.3 Å². The van der Waals surface area contributed by atoms with Crippen LogP contribution >= 0.6 is 0 Å². The topological polar surface area (TPSA) is 21.3 Å². The molecule has 1 heterocycles. The Labute approximate surface area is 108 Å². The van der Waals surface area contributed by atoms with Crippen LogP contribution in [0.1, 0.15) is 12.0 Å². The van der Waals surface area contributed by atoms with Gasteiger partial charge in [0.15, 0.2) is 5.60 Å². The van der Waals surface area contributed by atoms with Crippen molar-refractivity contribution in [2.45, 2.75) is 30.3 Å². The van der Waals surface area contributed by atoms with Gasteiger partial charge in [0.1, 0.15) is 5.54 Å². The smallest absolute Gasteiger partial charge is 0.359 e. The van der Waals surface area contributed by atoms with Crippen LogP contribution in [0.25, 0.3) is 0 Å². The quantitative estimate of drug-likeness (QED) is 0.848. The van der Waals surface area contributed by atoms with Crippen molar-refractivity contribution in [1.29, 1.82) is 0 Å². The Morgan fingerprint density at radius 2 is 1.89 bits per heavy atom. The molecule has 0 bridgehead atoms. The van der Waals surface area contributed by atoms with Gasteiger partial charge in [0.25, 0.3) is 0 Å². The maximum atomic E-state index is 13.3. The molecule has 1 aliphatic heterocycles. The van der Waals surface area contributed by atoms with E-state index in [1.54, 1.807) is 24.3 Å². The van der Waals surface area contributed by atoms with Crippen molar-refractivity contribution in [3.05, 3.63) is 35.9 Å². The van der Waals surface area contributed by atoms with Crippen molar-refractivity contribution < 1.29 is 17.9 Å². The molecule has 1 fully saturated rings. The monoisotopic (exact) mass is 267 g/mol. The van der Waals surface area contributed by atoms with Crippen molar-refractivity contribution in [2.24, 2.45) is 0 Å². The Kier molecular flexibility index (Phi) is 2.63. The molecule has 0 saturated carbocycles. The predicted molar refractivity (Wildman–Crippen MR) is 63.1 cm³/mol. The molecule has 0 radical (unpaired) electrons. The minimum absolute atomic E-state index is 0.0574. The minimum Gasteiger partial charge on any atom is -0.359 e. The number of alkyl halides is 3. The zero-order valence-corrected chi connectivity index (χ0v) is 10.1. The molecular weight excluding hydrogens is 255 g/mol. The summed E-state index contributed by atoms with van der Waals surface area (Å²) < 4.78 is 45.1. The van der Waals surface area contributed by atoms with E-state index in [1.807, 2.05) is 6.07 Å². The van der Waals surface area contributed by atoms with E-state index in [2.05, 4.69) is 17.2 Å². The van der Waals surface area contributed by atoms with Crippen LogP contribution in [0, 0.1) is 11.8 Å². The van der Waals surface area contributed by atoms with Gasteiger partial charge in [-0.05, 0) is 5.56 Å². The summed E-state index contributed by atoms with van der Waals surface area (Å²) in [7, 11) is 0. The molecule has 5 heteroatoms. The molecule has 1 aromatic carbocycles. The summed E-state index contributed by atoms with van der Waals surface area (Å²) in [5.74, 6) is 5.39. The van der Waals surface area contributed by atoms with Gasteiger partial charge in [0, 0.05) is 13.0 Å². The molecule has 3 rings (SSSR count). The van der Waals surface area contributed by atoms with Gasteiger partial charge in [-0.2, -0.15) is 13.2 Å². The van der Waals surface area contributed by atoms with Gasteiger partial charge in [-0.25, -0.2) is 0 Å². The zero-order chi connectivity index (χ0) is 13.6. The second kappa shape index (κ2) is 3.99. The van der Waals surface area contributed by atoms with E-state index in [0.717, 1.165) is 5.56 Å². The normalized spacial score (nSPS) is 27.1. The molecule has 2 nitrogen and oxygen atoms in total. The van der Waals surface area contributed by atoms with Crippen LogP contribution < -0.4 is 5.32 Å². The van der Waals surface area contributed by atoms with Crippen LogP contribution in [-0.2, 0) is 11.3 Å². The maximum absolute atomic E-state index is 13.3. The third kappa shape index (κ3) is 2.22. The second-order valence-electron chi connectivity index (χ2n) is 4.95. The molecule has 1 aromatic rings. The number of nitrogens with one attached hydrogen (secondary N) is 1. The fourth-order valence-corrected chi connectivity index (χ4v) is 2.28. The second-order valence-corrected chi connectivity index (χ2v) is 4.95. The van der Waals surface area contributed by atoms with Crippen LogP contribution in [0.15, 0.2) is 30.3 Å². The minimum atomic E-state index is -4.41. The van der Waals surface area contributed by atoms with E-state index in [0.29, 0.717) is 0 Å². The van der Waals surface area contributed by atoms with Crippen molar-refractivity contribution in [1.82, 2.24) is 5.32 Å². The summed E-state index contributed by atoms with van der Waals surface area (Å²) in [6, 6.07) is 8.85. The zero-order valence-electron chi connectivity index (χ0n) is 10.1. The van der Waals surface area contributed by atoms with Crippen molar-refractivity contribution in [3.8, 4) is 11.8 Å². The average molecular weight is 267 g/mol. The van der Waals surface area contributed by atoms with E-state index in [4.69, 9.17) is 4.74 Å². The number of halogens is 3. The Morgan fingerprint density at radius 1 is 1.21 bits per heavy atom. The van der Waals surface area contributed by atoms with Crippen molar-refractivity contribution >= 4 is 0 Å². The molecule has 19 heavy (non-hydrogen) atoms. The molecule has 1 N–H and O–H groups in total. The maximum Gasteiger partial charge on any atom is 0.418 e. The third-order valence-electron chi connectivity index (χ3n) is 3.53. The predicted octanol–water partition coefficient (Wildman–Crippen LogP) is 2.25. The van der Waals surface area contributed by atoms with E-state index in [1.165, 1.54) is 0 Å². The van der Waals surface area contributed by atoms with Crippen LogP contribution in [0.2, 0.25) is 0 Å². The number of hydrogen-bond donors (Lipinski definition) is 1. The van der Waals surface area contributed by atoms with Gasteiger partial charge < -0.3 is 4.74 Å². The molecule has 2 aliphatic rings. The summed E-state index contributed by atoms with van der Waals surface area (Å²) in [6.45, 7) is -0.318. The molecule has 100 valence electrons. The fourth-order valence-electron chi connectivity index (χ4n) is 2.28. The van der Waals surface area contributed by atoms with Gasteiger partial charge in [-0.1, -0.05) is 42.2 Å².